The van der Waals surface area contributed by atoms with Gasteiger partial charge in [-0.05, 0) is 0 Å². The number of benzene rings is 2. The number of halogens is 2. The van der Waals surface area contributed by atoms with E-state index in [9.17, 15) is 0 Å². The quantitative estimate of drug-likeness (QED) is 0.234. The molecule has 0 spiro atoms. The molecule has 0 heterocycles. The van der Waals surface area contributed by atoms with Gasteiger partial charge in [0.25, 0.3) is 0 Å². The molecule has 0 aliphatic rings. The Morgan fingerprint density at radius 1 is 0.484 bits per heavy atom. The first-order valence-corrected chi connectivity index (χ1v) is 16.0. The molecule has 0 nitrogen and oxygen atoms in total. The molecule has 4 aromatic rings. The van der Waals surface area contributed by atoms with Gasteiger partial charge >= 0.3 is 26.2 Å². The molecule has 31 heavy (non-hydrogen) atoms. The van der Waals surface area contributed by atoms with Gasteiger partial charge in [-0.25, -0.2) is 0 Å². The van der Waals surface area contributed by atoms with E-state index in [2.05, 4.69) is 123 Å². The molecule has 0 radical (unpaired) electrons. The molecule has 0 aliphatic heterocycles. The van der Waals surface area contributed by atoms with E-state index < -0.39 is 17.6 Å². The zero-order valence-electron chi connectivity index (χ0n) is 18.6. The largest absolute Gasteiger partial charge is 4.00 e. The second kappa shape index (κ2) is 15.0. The molecule has 0 bridgehead atoms. The van der Waals surface area contributed by atoms with Crippen LogP contribution in [0.1, 0.15) is 0 Å². The maximum Gasteiger partial charge on any atom is 4.00 e. The van der Waals surface area contributed by atoms with Crippen LogP contribution in [0.25, 0.3) is 22.3 Å². The van der Waals surface area contributed by atoms with Crippen molar-refractivity contribution in [2.24, 2.45) is 0 Å². The van der Waals surface area contributed by atoms with Crippen LogP contribution in [-0.2, 0) is 26.2 Å². The molecule has 0 N–H and O–H groups in total. The predicted octanol–water partition coefficient (Wildman–Crippen LogP) is -0.462. The SMILES string of the molecule is C[SiH](C)[c-]1cccc1-c1ccccc1.C[SiH](C)[c-]1cccc1-c1ccccc1.[Cl-].[Cl-].[Zr+4]. The zero-order chi connectivity index (χ0) is 19.9. The maximum atomic E-state index is 2.38. The zero-order valence-corrected chi connectivity index (χ0v) is 24.9. The van der Waals surface area contributed by atoms with E-state index >= 15 is 0 Å². The van der Waals surface area contributed by atoms with Crippen LogP contribution in [0.4, 0.5) is 0 Å². The molecule has 0 aliphatic carbocycles. The third kappa shape index (κ3) is 8.15. The molecule has 5 heteroatoms. The molecule has 4 aromatic carbocycles. The van der Waals surface area contributed by atoms with Crippen molar-refractivity contribution < 1.29 is 51.0 Å². The standard InChI is InChI=1S/2C13H15Si.2ClH.Zr/c2*1-14(2)13-10-6-9-12(13)11-7-4-3-5-8-11;;;/h2*3-10,14H,1-2H3;2*1H;/q2*-1;;;+4/p-2. The second-order valence-electron chi connectivity index (χ2n) is 7.83. The maximum absolute atomic E-state index is 2.38. The van der Waals surface area contributed by atoms with Gasteiger partial charge in [-0.3, -0.25) is 0 Å². The average molecular weight is 561 g/mol. The van der Waals surface area contributed by atoms with Gasteiger partial charge in [0, 0.05) is 17.6 Å². The van der Waals surface area contributed by atoms with Crippen molar-refractivity contribution in [2.75, 3.05) is 0 Å². The molecule has 0 aromatic heterocycles. The third-order valence-corrected chi connectivity index (χ3v) is 8.61. The van der Waals surface area contributed by atoms with Gasteiger partial charge in [0.05, 0.1) is 0 Å². The third-order valence-electron chi connectivity index (χ3n) is 5.11. The normalized spacial score (nSPS) is 9.74. The van der Waals surface area contributed by atoms with Crippen LogP contribution in [0.15, 0.2) is 97.1 Å². The predicted molar refractivity (Wildman–Crippen MR) is 132 cm³/mol. The van der Waals surface area contributed by atoms with Crippen molar-refractivity contribution in [1.29, 1.82) is 0 Å². The summed E-state index contributed by atoms with van der Waals surface area (Å²) in [5.41, 5.74) is 5.59. The molecule has 0 saturated carbocycles. The van der Waals surface area contributed by atoms with Crippen LogP contribution in [0.3, 0.4) is 0 Å². The minimum absolute atomic E-state index is 0. The van der Waals surface area contributed by atoms with Gasteiger partial charge in [-0.2, -0.15) is 36.4 Å². The minimum Gasteiger partial charge on any atom is -1.00 e. The van der Waals surface area contributed by atoms with E-state index in [4.69, 9.17) is 0 Å². The molecule has 0 amide bonds. The molecule has 4 rings (SSSR count). The second-order valence-corrected chi connectivity index (χ2v) is 13.7. The van der Waals surface area contributed by atoms with Gasteiger partial charge in [0.2, 0.25) is 0 Å². The Hall–Kier alpha value is -0.963. The molecule has 160 valence electrons. The van der Waals surface area contributed by atoms with Gasteiger partial charge < -0.3 is 24.8 Å². The van der Waals surface area contributed by atoms with Crippen molar-refractivity contribution in [1.82, 2.24) is 0 Å². The van der Waals surface area contributed by atoms with Crippen molar-refractivity contribution in [3.05, 3.63) is 97.1 Å². The summed E-state index contributed by atoms with van der Waals surface area (Å²) in [5.74, 6) is 0. The van der Waals surface area contributed by atoms with E-state index in [1.54, 1.807) is 10.4 Å². The Morgan fingerprint density at radius 3 is 1.10 bits per heavy atom. The molecular weight excluding hydrogens is 531 g/mol. The summed E-state index contributed by atoms with van der Waals surface area (Å²) in [5, 5.41) is 3.16. The van der Waals surface area contributed by atoms with Crippen molar-refractivity contribution >= 4 is 28.0 Å². The molecule has 0 saturated heterocycles. The van der Waals surface area contributed by atoms with Crippen LogP contribution >= 0.6 is 0 Å². The minimum atomic E-state index is -0.689. The molecule has 0 unspecified atom stereocenters. The fourth-order valence-corrected chi connectivity index (χ4v) is 6.40. The van der Waals surface area contributed by atoms with Crippen LogP contribution in [0.2, 0.25) is 26.2 Å². The van der Waals surface area contributed by atoms with Crippen LogP contribution < -0.4 is 35.2 Å². The van der Waals surface area contributed by atoms with E-state index in [0.717, 1.165) is 0 Å². The first-order valence-electron chi connectivity index (χ1n) is 10.2. The topological polar surface area (TPSA) is 0 Å². The summed E-state index contributed by atoms with van der Waals surface area (Å²) < 4.78 is 0. The Bertz CT molecular complexity index is 895. The fraction of sp³-hybridized carbons (Fsp3) is 0.154. The smallest absolute Gasteiger partial charge is 1.00 e. The first kappa shape index (κ1) is 30.0. The summed E-state index contributed by atoms with van der Waals surface area (Å²) in [7, 11) is -1.38. The Kier molecular flexibility index (Phi) is 14.5. The monoisotopic (exact) mass is 558 g/mol. The molecule has 0 fully saturated rings. The van der Waals surface area contributed by atoms with Gasteiger partial charge in [-0.1, -0.05) is 86.9 Å². The van der Waals surface area contributed by atoms with E-state index in [0.29, 0.717) is 0 Å². The van der Waals surface area contributed by atoms with E-state index in [1.807, 2.05) is 0 Å². The van der Waals surface area contributed by atoms with Crippen molar-refractivity contribution in [3.63, 3.8) is 0 Å². The van der Waals surface area contributed by atoms with E-state index in [-0.39, 0.29) is 51.0 Å². The van der Waals surface area contributed by atoms with Crippen LogP contribution in [-0.4, -0.2) is 17.6 Å². The Balaban J connectivity index is 0.000000529. The fourth-order valence-electron chi connectivity index (χ4n) is 3.64. The Labute approximate surface area is 223 Å². The summed E-state index contributed by atoms with van der Waals surface area (Å²) >= 11 is 0. The van der Waals surface area contributed by atoms with Gasteiger partial charge in [0.1, 0.15) is 0 Å². The van der Waals surface area contributed by atoms with Crippen molar-refractivity contribution in [3.8, 4) is 22.3 Å². The van der Waals surface area contributed by atoms with Crippen LogP contribution in [0.5, 0.6) is 0 Å². The van der Waals surface area contributed by atoms with E-state index in [1.165, 1.54) is 22.3 Å². The summed E-state index contributed by atoms with van der Waals surface area (Å²) in [6.45, 7) is 9.51. The summed E-state index contributed by atoms with van der Waals surface area (Å²) in [6.07, 6.45) is 0. The summed E-state index contributed by atoms with van der Waals surface area (Å²) in [6, 6.07) is 34.7. The summed E-state index contributed by atoms with van der Waals surface area (Å²) in [4.78, 5) is 0. The molecular formula is C26H30Cl2Si2Zr. The number of hydrogen-bond donors (Lipinski definition) is 0. The Morgan fingerprint density at radius 2 is 0.806 bits per heavy atom. The first-order chi connectivity index (χ1) is 13.6. The number of rotatable bonds is 4. The van der Waals surface area contributed by atoms with Gasteiger partial charge in [-0.15, -0.1) is 32.6 Å². The van der Waals surface area contributed by atoms with Crippen LogP contribution in [0, 0.1) is 0 Å². The average Bonchev–Trinajstić information content (AvgIpc) is 3.40. The van der Waals surface area contributed by atoms with Crippen molar-refractivity contribution in [2.45, 2.75) is 26.2 Å². The van der Waals surface area contributed by atoms with Gasteiger partial charge in [0.15, 0.2) is 0 Å². The molecule has 0 atom stereocenters. The number of hydrogen-bond acceptors (Lipinski definition) is 0.